The molecule has 1 saturated heterocycles. The van der Waals surface area contributed by atoms with Crippen molar-refractivity contribution < 1.29 is 0 Å². The highest BCUT2D eigenvalue weighted by atomic mass is 15.3. The van der Waals surface area contributed by atoms with Gasteiger partial charge < -0.3 is 15.1 Å². The van der Waals surface area contributed by atoms with Crippen LogP contribution < -0.4 is 10.2 Å². The Morgan fingerprint density at radius 3 is 2.89 bits per heavy atom. The van der Waals surface area contributed by atoms with Crippen molar-refractivity contribution in [2.24, 2.45) is 5.11 Å². The number of rotatable bonds is 4. The molecule has 0 bridgehead atoms. The topological polar surface area (TPSA) is 93.0 Å². The summed E-state index contributed by atoms with van der Waals surface area (Å²) in [5.74, 6) is 0.683. The van der Waals surface area contributed by atoms with Gasteiger partial charge in [0.15, 0.2) is 0 Å². The second-order valence-corrected chi connectivity index (χ2v) is 4.79. The van der Waals surface area contributed by atoms with Gasteiger partial charge in [0.1, 0.15) is 0 Å². The number of anilines is 1. The van der Waals surface area contributed by atoms with Gasteiger partial charge >= 0.3 is 0 Å². The molecule has 0 saturated carbocycles. The Hall–Kier alpha value is -1.89. The summed E-state index contributed by atoms with van der Waals surface area (Å²) in [6, 6.07) is 0.407. The standard InChI is InChI=1S/C11H18N8/c1-18(2)7-10-8-19(4-3-13-10)11-14-5-9(6-15-11)16-17-12/h5-6,10,13H,3-4,7-8H2,1-2H3/t10-/m0/s1. The van der Waals surface area contributed by atoms with Crippen LogP contribution in [0.2, 0.25) is 0 Å². The lowest BCUT2D eigenvalue weighted by Gasteiger charge is -2.34. The Labute approximate surface area is 112 Å². The minimum absolute atomic E-state index is 0.407. The highest BCUT2D eigenvalue weighted by molar-refractivity contribution is 5.38. The van der Waals surface area contributed by atoms with Crippen molar-refractivity contribution in [3.05, 3.63) is 22.8 Å². The van der Waals surface area contributed by atoms with Crippen LogP contribution in [0.5, 0.6) is 0 Å². The zero-order valence-corrected chi connectivity index (χ0v) is 11.2. The average Bonchev–Trinajstić information content (AvgIpc) is 2.39. The summed E-state index contributed by atoms with van der Waals surface area (Å²) in [6.07, 6.45) is 3.09. The molecular weight excluding hydrogens is 244 g/mol. The fourth-order valence-electron chi connectivity index (χ4n) is 2.15. The van der Waals surface area contributed by atoms with Crippen molar-refractivity contribution in [1.29, 1.82) is 0 Å². The molecule has 1 aromatic rings. The first-order valence-electron chi connectivity index (χ1n) is 6.19. The van der Waals surface area contributed by atoms with Crippen molar-refractivity contribution >= 4 is 11.6 Å². The normalized spacial score (nSPS) is 19.3. The summed E-state index contributed by atoms with van der Waals surface area (Å²) < 4.78 is 0. The lowest BCUT2D eigenvalue weighted by Crippen LogP contribution is -2.54. The van der Waals surface area contributed by atoms with E-state index < -0.39 is 0 Å². The van der Waals surface area contributed by atoms with E-state index in [1.807, 2.05) is 0 Å². The highest BCUT2D eigenvalue weighted by Crippen LogP contribution is 2.14. The highest BCUT2D eigenvalue weighted by Gasteiger charge is 2.21. The van der Waals surface area contributed by atoms with E-state index in [1.54, 1.807) is 12.4 Å². The van der Waals surface area contributed by atoms with Crippen LogP contribution >= 0.6 is 0 Å². The van der Waals surface area contributed by atoms with Gasteiger partial charge in [0.2, 0.25) is 5.95 Å². The molecule has 1 aliphatic rings. The van der Waals surface area contributed by atoms with Crippen molar-refractivity contribution in [3.8, 4) is 0 Å². The molecule has 2 heterocycles. The summed E-state index contributed by atoms with van der Waals surface area (Å²) >= 11 is 0. The number of piperazine rings is 1. The number of nitrogens with zero attached hydrogens (tertiary/aromatic N) is 7. The van der Waals surface area contributed by atoms with Gasteiger partial charge in [-0.05, 0) is 19.6 Å². The molecule has 1 aliphatic heterocycles. The van der Waals surface area contributed by atoms with Crippen molar-refractivity contribution in [1.82, 2.24) is 20.2 Å². The van der Waals surface area contributed by atoms with Crippen molar-refractivity contribution in [3.63, 3.8) is 0 Å². The van der Waals surface area contributed by atoms with Gasteiger partial charge in [-0.3, -0.25) is 0 Å². The summed E-state index contributed by atoms with van der Waals surface area (Å²) in [5.41, 5.74) is 8.77. The van der Waals surface area contributed by atoms with Gasteiger partial charge in [-0.15, -0.1) is 0 Å². The third-order valence-corrected chi connectivity index (χ3v) is 2.91. The number of likely N-dealkylation sites (N-methyl/N-ethyl adjacent to an activating group) is 1. The Morgan fingerprint density at radius 1 is 1.53 bits per heavy atom. The van der Waals surface area contributed by atoms with Crippen LogP contribution in [0.15, 0.2) is 17.5 Å². The van der Waals surface area contributed by atoms with E-state index in [0.717, 1.165) is 26.2 Å². The Balaban J connectivity index is 2.02. The number of hydrogen-bond donors (Lipinski definition) is 1. The second-order valence-electron chi connectivity index (χ2n) is 4.79. The van der Waals surface area contributed by atoms with Crippen molar-refractivity contribution in [2.45, 2.75) is 6.04 Å². The molecule has 0 aromatic carbocycles. The molecule has 1 N–H and O–H groups in total. The van der Waals surface area contributed by atoms with E-state index in [0.29, 0.717) is 17.7 Å². The minimum atomic E-state index is 0.407. The molecular formula is C11H18N8. The molecule has 19 heavy (non-hydrogen) atoms. The molecule has 8 nitrogen and oxygen atoms in total. The Morgan fingerprint density at radius 2 is 2.26 bits per heavy atom. The quantitative estimate of drug-likeness (QED) is 0.491. The molecule has 0 amide bonds. The van der Waals surface area contributed by atoms with E-state index in [9.17, 15) is 0 Å². The predicted octanol–water partition coefficient (Wildman–Crippen LogP) is 0.758. The van der Waals surface area contributed by atoms with Gasteiger partial charge in [-0.25, -0.2) is 9.97 Å². The third kappa shape index (κ3) is 3.78. The Kier molecular flexibility index (Phi) is 4.51. The van der Waals surface area contributed by atoms with Gasteiger partial charge in [0.25, 0.3) is 0 Å². The first-order valence-corrected chi connectivity index (χ1v) is 6.19. The van der Waals surface area contributed by atoms with Crippen LogP contribution in [-0.4, -0.2) is 61.2 Å². The third-order valence-electron chi connectivity index (χ3n) is 2.91. The van der Waals surface area contributed by atoms with E-state index in [2.05, 4.69) is 49.2 Å². The van der Waals surface area contributed by atoms with Crippen LogP contribution in [0.1, 0.15) is 0 Å². The number of azide groups is 1. The lowest BCUT2D eigenvalue weighted by atomic mass is 10.2. The minimum Gasteiger partial charge on any atom is -0.338 e. The van der Waals surface area contributed by atoms with Crippen LogP contribution in [0.3, 0.4) is 0 Å². The van der Waals surface area contributed by atoms with Crippen LogP contribution in [-0.2, 0) is 0 Å². The predicted molar refractivity (Wildman–Crippen MR) is 73.4 cm³/mol. The lowest BCUT2D eigenvalue weighted by molar-refractivity contribution is 0.322. The Bertz CT molecular complexity index is 450. The number of nitrogens with one attached hydrogen (secondary N) is 1. The zero-order chi connectivity index (χ0) is 13.7. The average molecular weight is 262 g/mol. The molecule has 1 aromatic heterocycles. The van der Waals surface area contributed by atoms with Gasteiger partial charge in [0, 0.05) is 49.5 Å². The van der Waals surface area contributed by atoms with E-state index in [4.69, 9.17) is 5.53 Å². The molecule has 1 atom stereocenters. The molecule has 0 aliphatic carbocycles. The summed E-state index contributed by atoms with van der Waals surface area (Å²) in [4.78, 5) is 15.5. The summed E-state index contributed by atoms with van der Waals surface area (Å²) in [5, 5.41) is 6.94. The van der Waals surface area contributed by atoms with Gasteiger partial charge in [0.05, 0.1) is 5.69 Å². The molecule has 0 unspecified atom stereocenters. The first-order chi connectivity index (χ1) is 9.19. The summed E-state index contributed by atoms with van der Waals surface area (Å²) in [6.45, 7) is 3.65. The maximum Gasteiger partial charge on any atom is 0.225 e. The van der Waals surface area contributed by atoms with Crippen LogP contribution in [0, 0.1) is 0 Å². The molecule has 0 radical (unpaired) electrons. The fraction of sp³-hybridized carbons (Fsp3) is 0.636. The van der Waals surface area contributed by atoms with Crippen molar-refractivity contribution in [2.75, 3.05) is 45.2 Å². The number of aromatic nitrogens is 2. The van der Waals surface area contributed by atoms with E-state index >= 15 is 0 Å². The zero-order valence-electron chi connectivity index (χ0n) is 11.2. The molecule has 2 rings (SSSR count). The second kappa shape index (κ2) is 6.33. The molecule has 8 heteroatoms. The van der Waals surface area contributed by atoms with Crippen LogP contribution in [0.4, 0.5) is 11.6 Å². The first kappa shape index (κ1) is 13.5. The van der Waals surface area contributed by atoms with E-state index in [-0.39, 0.29) is 0 Å². The monoisotopic (exact) mass is 262 g/mol. The largest absolute Gasteiger partial charge is 0.338 e. The maximum absolute atomic E-state index is 8.34. The number of hydrogen-bond acceptors (Lipinski definition) is 6. The maximum atomic E-state index is 8.34. The molecule has 102 valence electrons. The molecule has 0 spiro atoms. The van der Waals surface area contributed by atoms with Gasteiger partial charge in [-0.2, -0.15) is 0 Å². The smallest absolute Gasteiger partial charge is 0.225 e. The van der Waals surface area contributed by atoms with E-state index in [1.165, 1.54) is 0 Å². The van der Waals surface area contributed by atoms with Crippen LogP contribution in [0.25, 0.3) is 10.4 Å². The fourth-order valence-corrected chi connectivity index (χ4v) is 2.15. The molecule has 1 fully saturated rings. The SMILES string of the molecule is CN(C)C[C@H]1CN(c2ncc(N=[N+]=[N-])cn2)CCN1. The summed E-state index contributed by atoms with van der Waals surface area (Å²) in [7, 11) is 4.12. The van der Waals surface area contributed by atoms with Gasteiger partial charge in [-0.1, -0.05) is 5.11 Å².